The standard InChI is InChI=1S/C17H19N3O2S/c1-11-18-15(10-23-11)16-19-14-7-3-2-6-13(14)17(21)20(16)9-12-5-4-8-22-12/h2-3,6-7,10,12,16,19H,4-5,8-9H2,1H3/t12-,16-/m0/s1. The second kappa shape index (κ2) is 5.94. The van der Waals surface area contributed by atoms with E-state index in [1.165, 1.54) is 0 Å². The molecule has 2 aliphatic rings. The van der Waals surface area contributed by atoms with Gasteiger partial charge in [0.1, 0.15) is 6.17 Å². The molecule has 1 N–H and O–H groups in total. The van der Waals surface area contributed by atoms with Gasteiger partial charge in [-0.1, -0.05) is 12.1 Å². The van der Waals surface area contributed by atoms with Crippen LogP contribution in [0.1, 0.15) is 40.1 Å². The number of hydrogen-bond donors (Lipinski definition) is 1. The van der Waals surface area contributed by atoms with E-state index in [0.29, 0.717) is 12.1 Å². The van der Waals surface area contributed by atoms with E-state index in [1.54, 1.807) is 11.3 Å². The van der Waals surface area contributed by atoms with Crippen LogP contribution in [0.4, 0.5) is 5.69 Å². The summed E-state index contributed by atoms with van der Waals surface area (Å²) in [6.07, 6.45) is 1.96. The first kappa shape index (κ1) is 14.7. The van der Waals surface area contributed by atoms with Crippen molar-refractivity contribution in [2.75, 3.05) is 18.5 Å². The van der Waals surface area contributed by atoms with Crippen molar-refractivity contribution in [3.05, 3.63) is 45.9 Å². The molecular weight excluding hydrogens is 310 g/mol. The summed E-state index contributed by atoms with van der Waals surface area (Å²) >= 11 is 1.61. The van der Waals surface area contributed by atoms with Crippen LogP contribution in [0.5, 0.6) is 0 Å². The monoisotopic (exact) mass is 329 g/mol. The fourth-order valence-electron chi connectivity index (χ4n) is 3.23. The lowest BCUT2D eigenvalue weighted by Gasteiger charge is -2.38. The number of carbonyl (C=O) groups excluding carboxylic acids is 1. The van der Waals surface area contributed by atoms with Gasteiger partial charge in [0.15, 0.2) is 0 Å². The molecule has 1 aromatic heterocycles. The van der Waals surface area contributed by atoms with Gasteiger partial charge >= 0.3 is 0 Å². The molecule has 0 saturated carbocycles. The zero-order valence-corrected chi connectivity index (χ0v) is 13.8. The maximum atomic E-state index is 13.0. The van der Waals surface area contributed by atoms with Gasteiger partial charge in [-0.05, 0) is 31.9 Å². The number of rotatable bonds is 3. The first-order valence-electron chi connectivity index (χ1n) is 7.92. The van der Waals surface area contributed by atoms with Crippen LogP contribution in [0.15, 0.2) is 29.6 Å². The number of hydrogen-bond acceptors (Lipinski definition) is 5. The molecular formula is C17H19N3O2S. The minimum absolute atomic E-state index is 0.0468. The molecule has 0 spiro atoms. The van der Waals surface area contributed by atoms with Crippen molar-refractivity contribution in [1.82, 2.24) is 9.88 Å². The summed E-state index contributed by atoms with van der Waals surface area (Å²) in [6, 6.07) is 7.66. The van der Waals surface area contributed by atoms with Crippen molar-refractivity contribution in [1.29, 1.82) is 0 Å². The van der Waals surface area contributed by atoms with Crippen LogP contribution in [-0.4, -0.2) is 35.0 Å². The molecule has 23 heavy (non-hydrogen) atoms. The number of anilines is 1. The Hall–Kier alpha value is -1.92. The predicted octanol–water partition coefficient (Wildman–Crippen LogP) is 3.20. The number of thiazole rings is 1. The number of nitrogens with one attached hydrogen (secondary N) is 1. The molecule has 4 rings (SSSR count). The van der Waals surface area contributed by atoms with Gasteiger partial charge in [-0.15, -0.1) is 11.3 Å². The lowest BCUT2D eigenvalue weighted by Crippen LogP contribution is -2.46. The number of carbonyl (C=O) groups is 1. The number of benzene rings is 1. The Balaban J connectivity index is 1.70. The lowest BCUT2D eigenvalue weighted by molar-refractivity contribution is 0.0423. The average Bonchev–Trinajstić information content (AvgIpc) is 3.21. The van der Waals surface area contributed by atoms with E-state index in [9.17, 15) is 4.79 Å². The summed E-state index contributed by atoms with van der Waals surface area (Å²) < 4.78 is 5.74. The van der Waals surface area contributed by atoms with Gasteiger partial charge < -0.3 is 15.0 Å². The molecule has 3 heterocycles. The summed E-state index contributed by atoms with van der Waals surface area (Å²) in [5.41, 5.74) is 2.48. The number of para-hydroxylation sites is 1. The van der Waals surface area contributed by atoms with E-state index < -0.39 is 0 Å². The molecule has 2 atom stereocenters. The molecule has 1 aromatic carbocycles. The van der Waals surface area contributed by atoms with Crippen molar-refractivity contribution in [3.63, 3.8) is 0 Å². The Kier molecular flexibility index (Phi) is 3.79. The first-order chi connectivity index (χ1) is 11.2. The van der Waals surface area contributed by atoms with Gasteiger partial charge in [-0.2, -0.15) is 0 Å². The highest BCUT2D eigenvalue weighted by Gasteiger charge is 2.36. The second-order valence-electron chi connectivity index (χ2n) is 5.98. The molecule has 2 aliphatic heterocycles. The van der Waals surface area contributed by atoms with E-state index >= 15 is 0 Å². The Morgan fingerprint density at radius 1 is 1.43 bits per heavy atom. The molecule has 0 bridgehead atoms. The third-order valence-corrected chi connectivity index (χ3v) is 5.16. The Labute approximate surface area is 139 Å². The van der Waals surface area contributed by atoms with Gasteiger partial charge in [-0.3, -0.25) is 4.79 Å². The number of amides is 1. The van der Waals surface area contributed by atoms with Crippen LogP contribution >= 0.6 is 11.3 Å². The topological polar surface area (TPSA) is 54.5 Å². The fourth-order valence-corrected chi connectivity index (χ4v) is 3.86. The highest BCUT2D eigenvalue weighted by molar-refractivity contribution is 7.09. The minimum Gasteiger partial charge on any atom is -0.376 e. The van der Waals surface area contributed by atoms with E-state index in [2.05, 4.69) is 10.3 Å². The van der Waals surface area contributed by atoms with E-state index in [1.807, 2.05) is 41.5 Å². The zero-order chi connectivity index (χ0) is 15.8. The predicted molar refractivity (Wildman–Crippen MR) is 89.7 cm³/mol. The molecule has 2 aromatic rings. The zero-order valence-electron chi connectivity index (χ0n) is 13.0. The van der Waals surface area contributed by atoms with E-state index in [4.69, 9.17) is 4.74 Å². The van der Waals surface area contributed by atoms with Crippen LogP contribution in [0.3, 0.4) is 0 Å². The van der Waals surface area contributed by atoms with Gasteiger partial charge in [0.05, 0.1) is 22.4 Å². The maximum Gasteiger partial charge on any atom is 0.257 e. The summed E-state index contributed by atoms with van der Waals surface area (Å²) in [7, 11) is 0. The summed E-state index contributed by atoms with van der Waals surface area (Å²) in [5, 5.41) is 6.50. The largest absolute Gasteiger partial charge is 0.376 e. The minimum atomic E-state index is -0.230. The van der Waals surface area contributed by atoms with Crippen LogP contribution < -0.4 is 5.32 Å². The number of fused-ring (bicyclic) bond motifs is 1. The molecule has 1 amide bonds. The molecule has 120 valence electrons. The van der Waals surface area contributed by atoms with Crippen molar-refractivity contribution < 1.29 is 9.53 Å². The van der Waals surface area contributed by atoms with Crippen LogP contribution in [0.25, 0.3) is 0 Å². The molecule has 5 nitrogen and oxygen atoms in total. The Bertz CT molecular complexity index is 724. The summed E-state index contributed by atoms with van der Waals surface area (Å²) in [6.45, 7) is 3.37. The van der Waals surface area contributed by atoms with Gasteiger partial charge in [-0.25, -0.2) is 4.98 Å². The molecule has 6 heteroatoms. The summed E-state index contributed by atoms with van der Waals surface area (Å²) in [4.78, 5) is 19.5. The number of aryl methyl sites for hydroxylation is 1. The van der Waals surface area contributed by atoms with E-state index in [-0.39, 0.29) is 18.2 Å². The maximum absolute atomic E-state index is 13.0. The molecule has 1 saturated heterocycles. The van der Waals surface area contributed by atoms with Crippen molar-refractivity contribution >= 4 is 22.9 Å². The van der Waals surface area contributed by atoms with Crippen molar-refractivity contribution in [2.45, 2.75) is 32.0 Å². The quantitative estimate of drug-likeness (QED) is 0.939. The van der Waals surface area contributed by atoms with Gasteiger partial charge in [0, 0.05) is 24.2 Å². The van der Waals surface area contributed by atoms with Crippen molar-refractivity contribution in [3.8, 4) is 0 Å². The second-order valence-corrected chi connectivity index (χ2v) is 7.04. The highest BCUT2D eigenvalue weighted by Crippen LogP contribution is 2.34. The highest BCUT2D eigenvalue weighted by atomic mass is 32.1. The van der Waals surface area contributed by atoms with Crippen molar-refractivity contribution in [2.24, 2.45) is 0 Å². The Morgan fingerprint density at radius 2 is 2.30 bits per heavy atom. The summed E-state index contributed by atoms with van der Waals surface area (Å²) in [5.74, 6) is 0.0468. The van der Waals surface area contributed by atoms with Crippen LogP contribution in [0.2, 0.25) is 0 Å². The average molecular weight is 329 g/mol. The third kappa shape index (κ3) is 2.72. The molecule has 0 radical (unpaired) electrons. The molecule has 0 aliphatic carbocycles. The van der Waals surface area contributed by atoms with Crippen LogP contribution in [0, 0.1) is 6.92 Å². The van der Waals surface area contributed by atoms with Gasteiger partial charge in [0.25, 0.3) is 5.91 Å². The van der Waals surface area contributed by atoms with E-state index in [0.717, 1.165) is 35.8 Å². The molecule has 1 fully saturated rings. The third-order valence-electron chi connectivity index (χ3n) is 4.36. The normalized spacial score (nSPS) is 23.7. The Morgan fingerprint density at radius 3 is 3.04 bits per heavy atom. The first-order valence-corrected chi connectivity index (χ1v) is 8.80. The van der Waals surface area contributed by atoms with Gasteiger partial charge in [0.2, 0.25) is 0 Å². The fraction of sp³-hybridized carbons (Fsp3) is 0.412. The van der Waals surface area contributed by atoms with Crippen LogP contribution in [-0.2, 0) is 4.74 Å². The number of nitrogens with zero attached hydrogens (tertiary/aromatic N) is 2. The molecule has 0 unspecified atom stereocenters. The lowest BCUT2D eigenvalue weighted by atomic mass is 10.1. The number of aromatic nitrogens is 1. The number of ether oxygens (including phenoxy) is 1. The SMILES string of the molecule is Cc1nc([C@H]2Nc3ccccc3C(=O)N2C[C@@H]2CCCO2)cs1. The smallest absolute Gasteiger partial charge is 0.257 e.